The van der Waals surface area contributed by atoms with Gasteiger partial charge in [0.15, 0.2) is 0 Å². The highest BCUT2D eigenvalue weighted by atomic mass is 79.9. The number of nitriles is 1. The summed E-state index contributed by atoms with van der Waals surface area (Å²) >= 11 is 3.50. The van der Waals surface area contributed by atoms with Crippen LogP contribution in [0.4, 0.5) is 5.69 Å². The smallest absolute Gasteiger partial charge is 0.0638 e. The van der Waals surface area contributed by atoms with Gasteiger partial charge in [0, 0.05) is 35.3 Å². The molecule has 90 valence electrons. The lowest BCUT2D eigenvalue weighted by Gasteiger charge is -2.38. The van der Waals surface area contributed by atoms with Gasteiger partial charge in [-0.3, -0.25) is 0 Å². The van der Waals surface area contributed by atoms with Crippen molar-refractivity contribution in [3.05, 3.63) is 28.7 Å². The number of hydrogen-bond acceptors (Lipinski definition) is 3. The van der Waals surface area contributed by atoms with Crippen LogP contribution in [0.25, 0.3) is 0 Å². The molecule has 0 saturated carbocycles. The molecule has 1 heterocycles. The molecule has 0 amide bonds. The fourth-order valence-electron chi connectivity index (χ4n) is 2.30. The van der Waals surface area contributed by atoms with Gasteiger partial charge >= 0.3 is 0 Å². The van der Waals surface area contributed by atoms with Gasteiger partial charge in [-0.25, -0.2) is 0 Å². The number of hydrogen-bond donors (Lipinski definition) is 1. The van der Waals surface area contributed by atoms with E-state index in [1.165, 1.54) is 5.69 Å². The summed E-state index contributed by atoms with van der Waals surface area (Å²) in [5, 5.41) is 12.2. The van der Waals surface area contributed by atoms with E-state index >= 15 is 0 Å². The number of rotatable bonds is 2. The molecule has 0 spiro atoms. The lowest BCUT2D eigenvalue weighted by atomic mass is 10.1. The van der Waals surface area contributed by atoms with Gasteiger partial charge in [-0.15, -0.1) is 0 Å². The molecule has 4 heteroatoms. The van der Waals surface area contributed by atoms with Crippen LogP contribution < -0.4 is 10.2 Å². The Kier molecular flexibility index (Phi) is 4.03. The van der Waals surface area contributed by atoms with Gasteiger partial charge in [-0.2, -0.15) is 5.26 Å². The molecule has 1 fully saturated rings. The molecule has 1 aromatic rings. The summed E-state index contributed by atoms with van der Waals surface area (Å²) in [6.07, 6.45) is 0.564. The first-order valence-electron chi connectivity index (χ1n) is 5.82. The third-order valence-electron chi connectivity index (χ3n) is 2.97. The molecule has 0 aliphatic carbocycles. The Labute approximate surface area is 111 Å². The van der Waals surface area contributed by atoms with E-state index in [1.54, 1.807) is 0 Å². The number of piperazine rings is 1. The quantitative estimate of drug-likeness (QED) is 0.911. The molecule has 2 unspecified atom stereocenters. The van der Waals surface area contributed by atoms with Crippen molar-refractivity contribution in [3.63, 3.8) is 0 Å². The number of halogens is 1. The first kappa shape index (κ1) is 12.4. The zero-order valence-electron chi connectivity index (χ0n) is 9.86. The second-order valence-electron chi connectivity index (χ2n) is 4.51. The maximum absolute atomic E-state index is 8.79. The molecule has 2 rings (SSSR count). The van der Waals surface area contributed by atoms with E-state index in [0.717, 1.165) is 17.6 Å². The maximum atomic E-state index is 8.79. The molecule has 0 radical (unpaired) electrons. The van der Waals surface area contributed by atoms with Gasteiger partial charge in [0.05, 0.1) is 12.5 Å². The highest BCUT2D eigenvalue weighted by Crippen LogP contribution is 2.22. The van der Waals surface area contributed by atoms with Crippen LogP contribution in [0.2, 0.25) is 0 Å². The SMILES string of the molecule is CC1CN(c2cccc(Br)c2)CC(CC#N)N1. The standard InChI is InChI=1S/C13H16BrN3/c1-10-8-17(9-12(16-10)5-6-15)13-4-2-3-11(14)7-13/h2-4,7,10,12,16H,5,8-9H2,1H3. The second-order valence-corrected chi connectivity index (χ2v) is 5.43. The van der Waals surface area contributed by atoms with Gasteiger partial charge in [-0.05, 0) is 25.1 Å². The largest absolute Gasteiger partial charge is 0.368 e. The van der Waals surface area contributed by atoms with Gasteiger partial charge in [0.1, 0.15) is 0 Å². The van der Waals surface area contributed by atoms with E-state index < -0.39 is 0 Å². The van der Waals surface area contributed by atoms with Gasteiger partial charge in [0.25, 0.3) is 0 Å². The fourth-order valence-corrected chi connectivity index (χ4v) is 2.68. The molecular formula is C13H16BrN3. The molecule has 0 bridgehead atoms. The Hall–Kier alpha value is -1.05. The lowest BCUT2D eigenvalue weighted by Crippen LogP contribution is -2.55. The van der Waals surface area contributed by atoms with E-state index in [4.69, 9.17) is 5.26 Å². The topological polar surface area (TPSA) is 39.1 Å². The molecule has 1 saturated heterocycles. The predicted molar refractivity (Wildman–Crippen MR) is 73.0 cm³/mol. The van der Waals surface area contributed by atoms with E-state index in [1.807, 2.05) is 12.1 Å². The molecule has 1 aromatic carbocycles. The van der Waals surface area contributed by atoms with Gasteiger partial charge in [0.2, 0.25) is 0 Å². The van der Waals surface area contributed by atoms with E-state index in [0.29, 0.717) is 12.5 Å². The van der Waals surface area contributed by atoms with Crippen LogP contribution in [0.3, 0.4) is 0 Å². The van der Waals surface area contributed by atoms with Gasteiger partial charge < -0.3 is 10.2 Å². The summed E-state index contributed by atoms with van der Waals surface area (Å²) in [6, 6.07) is 11.2. The Morgan fingerprint density at radius 3 is 3.06 bits per heavy atom. The molecule has 17 heavy (non-hydrogen) atoms. The summed E-state index contributed by atoms with van der Waals surface area (Å²) in [6.45, 7) is 4.04. The summed E-state index contributed by atoms with van der Waals surface area (Å²) in [4.78, 5) is 2.34. The van der Waals surface area contributed by atoms with Crippen LogP contribution >= 0.6 is 15.9 Å². The minimum atomic E-state index is 0.266. The number of nitrogens with zero attached hydrogens (tertiary/aromatic N) is 2. The summed E-state index contributed by atoms with van der Waals surface area (Å²) < 4.78 is 1.10. The highest BCUT2D eigenvalue weighted by Gasteiger charge is 2.23. The average Bonchev–Trinajstić information content (AvgIpc) is 2.28. The van der Waals surface area contributed by atoms with Crippen LogP contribution in [0, 0.1) is 11.3 Å². The molecule has 1 N–H and O–H groups in total. The summed E-state index contributed by atoms with van der Waals surface area (Å²) in [7, 11) is 0. The van der Waals surface area contributed by atoms with Crippen molar-refractivity contribution >= 4 is 21.6 Å². The Bertz CT molecular complexity index is 427. The van der Waals surface area contributed by atoms with Crippen molar-refractivity contribution in [1.29, 1.82) is 5.26 Å². The van der Waals surface area contributed by atoms with E-state index in [-0.39, 0.29) is 6.04 Å². The molecule has 1 aliphatic heterocycles. The number of benzene rings is 1. The Morgan fingerprint density at radius 2 is 2.35 bits per heavy atom. The Balaban J connectivity index is 2.13. The lowest BCUT2D eigenvalue weighted by molar-refractivity contribution is 0.391. The minimum absolute atomic E-state index is 0.266. The monoisotopic (exact) mass is 293 g/mol. The maximum Gasteiger partial charge on any atom is 0.0638 e. The van der Waals surface area contributed by atoms with E-state index in [2.05, 4.69) is 51.3 Å². The molecule has 2 atom stereocenters. The van der Waals surface area contributed by atoms with Crippen LogP contribution in [0.1, 0.15) is 13.3 Å². The normalized spacial score (nSPS) is 24.4. The van der Waals surface area contributed by atoms with Crippen LogP contribution in [-0.4, -0.2) is 25.2 Å². The number of nitrogens with one attached hydrogen (secondary N) is 1. The van der Waals surface area contributed by atoms with Gasteiger partial charge in [-0.1, -0.05) is 22.0 Å². The minimum Gasteiger partial charge on any atom is -0.368 e. The van der Waals surface area contributed by atoms with Crippen LogP contribution in [0.5, 0.6) is 0 Å². The molecule has 1 aliphatic rings. The molecule has 3 nitrogen and oxygen atoms in total. The third kappa shape index (κ3) is 3.21. The highest BCUT2D eigenvalue weighted by molar-refractivity contribution is 9.10. The predicted octanol–water partition coefficient (Wildman–Crippen LogP) is 2.53. The van der Waals surface area contributed by atoms with Crippen LogP contribution in [0.15, 0.2) is 28.7 Å². The molecule has 0 aromatic heterocycles. The molecular weight excluding hydrogens is 278 g/mol. The van der Waals surface area contributed by atoms with Crippen molar-refractivity contribution < 1.29 is 0 Å². The third-order valence-corrected chi connectivity index (χ3v) is 3.46. The number of anilines is 1. The zero-order valence-corrected chi connectivity index (χ0v) is 11.4. The summed E-state index contributed by atoms with van der Waals surface area (Å²) in [5.41, 5.74) is 1.22. The van der Waals surface area contributed by atoms with Crippen molar-refractivity contribution in [2.24, 2.45) is 0 Å². The summed E-state index contributed by atoms with van der Waals surface area (Å²) in [5.74, 6) is 0. The van der Waals surface area contributed by atoms with Crippen LogP contribution in [-0.2, 0) is 0 Å². The Morgan fingerprint density at radius 1 is 1.53 bits per heavy atom. The fraction of sp³-hybridized carbons (Fsp3) is 0.462. The first-order valence-corrected chi connectivity index (χ1v) is 6.62. The van der Waals surface area contributed by atoms with E-state index in [9.17, 15) is 0 Å². The first-order chi connectivity index (χ1) is 8.19. The van der Waals surface area contributed by atoms with Crippen molar-refractivity contribution in [2.45, 2.75) is 25.4 Å². The second kappa shape index (κ2) is 5.52. The van der Waals surface area contributed by atoms with Crippen molar-refractivity contribution in [2.75, 3.05) is 18.0 Å². The average molecular weight is 294 g/mol. The van der Waals surface area contributed by atoms with Crippen molar-refractivity contribution in [3.8, 4) is 6.07 Å². The van der Waals surface area contributed by atoms with Crippen molar-refractivity contribution in [1.82, 2.24) is 5.32 Å². The zero-order chi connectivity index (χ0) is 12.3.